The molecule has 6 heteroatoms. The lowest BCUT2D eigenvalue weighted by Crippen LogP contribution is -2.31. The van der Waals surface area contributed by atoms with E-state index in [-0.39, 0.29) is 11.8 Å². The summed E-state index contributed by atoms with van der Waals surface area (Å²) in [6, 6.07) is 16.9. The highest BCUT2D eigenvalue weighted by molar-refractivity contribution is 7.88. The lowest BCUT2D eigenvalue weighted by molar-refractivity contribution is 0.568. The maximum absolute atomic E-state index is 12.2. The van der Waals surface area contributed by atoms with Crippen LogP contribution in [0.4, 0.5) is 0 Å². The van der Waals surface area contributed by atoms with Gasteiger partial charge in [-0.2, -0.15) is 5.26 Å². The minimum Gasteiger partial charge on any atom is -0.309 e. The summed E-state index contributed by atoms with van der Waals surface area (Å²) >= 11 is 0. The minimum absolute atomic E-state index is 0.0348. The van der Waals surface area contributed by atoms with Gasteiger partial charge in [0.25, 0.3) is 0 Å². The van der Waals surface area contributed by atoms with E-state index in [0.29, 0.717) is 18.7 Å². The van der Waals surface area contributed by atoms with E-state index in [2.05, 4.69) is 16.1 Å². The molecule has 0 bridgehead atoms. The molecule has 132 valence electrons. The van der Waals surface area contributed by atoms with E-state index in [1.54, 1.807) is 19.9 Å². The third-order valence-electron chi connectivity index (χ3n) is 3.58. The molecule has 0 unspecified atom stereocenters. The fourth-order valence-corrected chi connectivity index (χ4v) is 4.06. The molecule has 2 N–H and O–H groups in total. The van der Waals surface area contributed by atoms with E-state index in [0.717, 1.165) is 16.7 Å². The molecule has 0 atom stereocenters. The summed E-state index contributed by atoms with van der Waals surface area (Å²) in [5, 5.41) is 12.3. The second-order valence-corrected chi connectivity index (χ2v) is 7.97. The van der Waals surface area contributed by atoms with Gasteiger partial charge in [-0.05, 0) is 42.7 Å². The first-order chi connectivity index (χ1) is 11.9. The Bertz CT molecular complexity index is 855. The molecule has 0 heterocycles. The number of hydrogen-bond acceptors (Lipinski definition) is 4. The van der Waals surface area contributed by atoms with Crippen LogP contribution in [0.2, 0.25) is 0 Å². The molecule has 2 aromatic carbocycles. The molecule has 0 aliphatic rings. The largest absolute Gasteiger partial charge is 0.309 e. The van der Waals surface area contributed by atoms with E-state index >= 15 is 0 Å². The number of nitrogens with one attached hydrogen (secondary N) is 2. The van der Waals surface area contributed by atoms with E-state index in [1.165, 1.54) is 0 Å². The number of benzene rings is 2. The fourth-order valence-electron chi connectivity index (χ4n) is 2.57. The molecule has 2 rings (SSSR count). The Morgan fingerprint density at radius 2 is 1.76 bits per heavy atom. The molecule has 0 saturated carbocycles. The summed E-state index contributed by atoms with van der Waals surface area (Å²) < 4.78 is 26.9. The van der Waals surface area contributed by atoms with Crippen LogP contribution in [-0.2, 0) is 28.9 Å². The Labute approximate surface area is 149 Å². The maximum atomic E-state index is 12.2. The molecule has 2 aromatic rings. The summed E-state index contributed by atoms with van der Waals surface area (Å²) in [6.07, 6.45) is 0. The quantitative estimate of drug-likeness (QED) is 0.761. The van der Waals surface area contributed by atoms with Gasteiger partial charge in [0.2, 0.25) is 10.0 Å². The molecule has 0 spiro atoms. The van der Waals surface area contributed by atoms with Crippen molar-refractivity contribution in [3.05, 3.63) is 70.8 Å². The molecular formula is C19H23N3O2S. The third kappa shape index (κ3) is 6.31. The average molecular weight is 357 g/mol. The van der Waals surface area contributed by atoms with Crippen LogP contribution in [0.1, 0.15) is 36.1 Å². The van der Waals surface area contributed by atoms with Crippen LogP contribution in [-0.4, -0.2) is 14.5 Å². The normalized spacial score (nSPS) is 11.4. The monoisotopic (exact) mass is 357 g/mol. The van der Waals surface area contributed by atoms with Gasteiger partial charge in [0.1, 0.15) is 0 Å². The number of rotatable bonds is 8. The zero-order valence-electron chi connectivity index (χ0n) is 14.5. The molecule has 0 aliphatic carbocycles. The summed E-state index contributed by atoms with van der Waals surface area (Å²) in [5.41, 5.74) is 3.39. The number of sulfonamides is 1. The van der Waals surface area contributed by atoms with Crippen molar-refractivity contribution in [3.8, 4) is 6.07 Å². The molecule has 0 aliphatic heterocycles. The van der Waals surface area contributed by atoms with Gasteiger partial charge in [-0.15, -0.1) is 0 Å². The van der Waals surface area contributed by atoms with E-state index < -0.39 is 10.0 Å². The summed E-state index contributed by atoms with van der Waals surface area (Å²) in [5.74, 6) is -0.0348. The third-order valence-corrected chi connectivity index (χ3v) is 5.10. The molecule has 0 saturated heterocycles. The highest BCUT2D eigenvalue weighted by Gasteiger charge is 2.15. The van der Waals surface area contributed by atoms with Crippen molar-refractivity contribution in [2.75, 3.05) is 0 Å². The molecular weight excluding hydrogens is 334 g/mol. The summed E-state index contributed by atoms with van der Waals surface area (Å²) in [6.45, 7) is 4.78. The van der Waals surface area contributed by atoms with Gasteiger partial charge in [-0.25, -0.2) is 13.1 Å². The van der Waals surface area contributed by atoms with Gasteiger partial charge in [-0.1, -0.05) is 36.4 Å². The molecule has 25 heavy (non-hydrogen) atoms. The predicted octanol–water partition coefficient (Wildman–Crippen LogP) is 2.68. The fraction of sp³-hybridized carbons (Fsp3) is 0.316. The van der Waals surface area contributed by atoms with Gasteiger partial charge in [-0.3, -0.25) is 0 Å². The van der Waals surface area contributed by atoms with Crippen LogP contribution < -0.4 is 10.0 Å². The summed E-state index contributed by atoms with van der Waals surface area (Å²) in [7, 11) is -3.36. The molecule has 0 amide bonds. The van der Waals surface area contributed by atoms with Gasteiger partial charge in [0, 0.05) is 19.1 Å². The number of nitrogens with zero attached hydrogens (tertiary/aromatic N) is 1. The van der Waals surface area contributed by atoms with E-state index in [9.17, 15) is 8.42 Å². The molecule has 0 fully saturated rings. The first-order valence-corrected chi connectivity index (χ1v) is 9.81. The Morgan fingerprint density at radius 1 is 1.04 bits per heavy atom. The van der Waals surface area contributed by atoms with Crippen LogP contribution in [0.5, 0.6) is 0 Å². The zero-order valence-corrected chi connectivity index (χ0v) is 15.3. The second kappa shape index (κ2) is 8.77. The lowest BCUT2D eigenvalue weighted by Gasteiger charge is -2.13. The van der Waals surface area contributed by atoms with Crippen molar-refractivity contribution in [1.82, 2.24) is 10.0 Å². The van der Waals surface area contributed by atoms with Crippen molar-refractivity contribution < 1.29 is 8.42 Å². The van der Waals surface area contributed by atoms with Crippen molar-refractivity contribution in [1.29, 1.82) is 5.26 Å². The highest BCUT2D eigenvalue weighted by atomic mass is 32.2. The highest BCUT2D eigenvalue weighted by Crippen LogP contribution is 2.13. The van der Waals surface area contributed by atoms with Gasteiger partial charge >= 0.3 is 0 Å². The Balaban J connectivity index is 2.02. The van der Waals surface area contributed by atoms with Crippen LogP contribution in [0.3, 0.4) is 0 Å². The minimum atomic E-state index is -3.36. The first-order valence-electron chi connectivity index (χ1n) is 8.16. The topological polar surface area (TPSA) is 82.0 Å². The maximum Gasteiger partial charge on any atom is 0.216 e. The van der Waals surface area contributed by atoms with Crippen molar-refractivity contribution in [2.45, 2.75) is 38.7 Å². The molecule has 5 nitrogen and oxygen atoms in total. The molecule has 0 radical (unpaired) electrons. The summed E-state index contributed by atoms with van der Waals surface area (Å²) in [4.78, 5) is 0. The first kappa shape index (κ1) is 19.1. The smallest absolute Gasteiger partial charge is 0.216 e. The lowest BCUT2D eigenvalue weighted by atomic mass is 10.1. The van der Waals surface area contributed by atoms with Gasteiger partial charge < -0.3 is 5.32 Å². The Morgan fingerprint density at radius 3 is 2.44 bits per heavy atom. The van der Waals surface area contributed by atoms with Crippen LogP contribution >= 0.6 is 0 Å². The number of hydrogen-bond donors (Lipinski definition) is 2. The molecule has 0 aromatic heterocycles. The van der Waals surface area contributed by atoms with Crippen molar-refractivity contribution in [3.63, 3.8) is 0 Å². The van der Waals surface area contributed by atoms with Crippen LogP contribution in [0.15, 0.2) is 48.5 Å². The Hall–Kier alpha value is -2.20. The predicted molar refractivity (Wildman–Crippen MR) is 99.0 cm³/mol. The Kier molecular flexibility index (Phi) is 6.71. The van der Waals surface area contributed by atoms with Crippen LogP contribution in [0, 0.1) is 11.3 Å². The van der Waals surface area contributed by atoms with Gasteiger partial charge in [0.15, 0.2) is 0 Å². The van der Waals surface area contributed by atoms with E-state index in [4.69, 9.17) is 5.26 Å². The van der Waals surface area contributed by atoms with Crippen molar-refractivity contribution in [2.24, 2.45) is 0 Å². The average Bonchev–Trinajstić information content (AvgIpc) is 2.55. The zero-order chi connectivity index (χ0) is 18.3. The number of nitriles is 1. The second-order valence-electron chi connectivity index (χ2n) is 6.22. The van der Waals surface area contributed by atoms with Gasteiger partial charge in [0.05, 0.1) is 17.4 Å². The van der Waals surface area contributed by atoms with Crippen LogP contribution in [0.25, 0.3) is 0 Å². The van der Waals surface area contributed by atoms with E-state index in [1.807, 2.05) is 42.5 Å². The SMILES string of the molecule is CC(C)NS(=O)(=O)Cc1ccccc1CNCc1cccc(C#N)c1. The standard InChI is InChI=1S/C19H23N3O2S/c1-15(2)22-25(23,24)14-19-9-4-3-8-18(19)13-21-12-17-7-5-6-16(10-17)11-20/h3-10,15,21-22H,12-14H2,1-2H3. The van der Waals surface area contributed by atoms with Crippen molar-refractivity contribution >= 4 is 10.0 Å².